The van der Waals surface area contributed by atoms with E-state index < -0.39 is 11.6 Å². The Labute approximate surface area is 117 Å². The molecule has 0 aliphatic heterocycles. The second-order valence-electron chi connectivity index (χ2n) is 4.85. The third-order valence-electron chi connectivity index (χ3n) is 3.28. The van der Waals surface area contributed by atoms with E-state index in [-0.39, 0.29) is 6.04 Å². The van der Waals surface area contributed by atoms with Crippen LogP contribution in [0.1, 0.15) is 37.6 Å². The summed E-state index contributed by atoms with van der Waals surface area (Å²) >= 11 is 0. The first kappa shape index (κ1) is 14.7. The van der Waals surface area contributed by atoms with Crippen molar-refractivity contribution in [1.29, 1.82) is 0 Å². The number of benzene rings is 1. The predicted octanol–water partition coefficient (Wildman–Crippen LogP) is 3.42. The first-order valence-corrected chi connectivity index (χ1v) is 6.79. The highest BCUT2D eigenvalue weighted by atomic mass is 19.1. The van der Waals surface area contributed by atoms with Crippen molar-refractivity contribution in [3.63, 3.8) is 0 Å². The molecule has 108 valence electrons. The molecule has 0 aliphatic carbocycles. The smallest absolute Gasteiger partial charge is 0.130 e. The predicted molar refractivity (Wildman–Crippen MR) is 74.1 cm³/mol. The standard InChI is InChI=1S/C15H19F2N3/c1-3-6-20-10-18-8-13(20)9-19-11(2)14-5-4-12(16)7-15(14)17/h4-5,7-8,10-11,19H,3,6,9H2,1-2H3. The van der Waals surface area contributed by atoms with Crippen molar-refractivity contribution in [2.75, 3.05) is 0 Å². The van der Waals surface area contributed by atoms with E-state index in [2.05, 4.69) is 21.8 Å². The Kier molecular flexibility index (Phi) is 4.84. The van der Waals surface area contributed by atoms with Crippen LogP contribution in [0.4, 0.5) is 8.78 Å². The second kappa shape index (κ2) is 6.61. The zero-order valence-corrected chi connectivity index (χ0v) is 11.7. The van der Waals surface area contributed by atoms with Crippen molar-refractivity contribution in [3.8, 4) is 0 Å². The van der Waals surface area contributed by atoms with Crippen LogP contribution >= 0.6 is 0 Å². The lowest BCUT2D eigenvalue weighted by atomic mass is 10.1. The summed E-state index contributed by atoms with van der Waals surface area (Å²) in [6.07, 6.45) is 4.63. The fourth-order valence-electron chi connectivity index (χ4n) is 2.16. The fourth-order valence-corrected chi connectivity index (χ4v) is 2.16. The van der Waals surface area contributed by atoms with Crippen LogP contribution in [0.15, 0.2) is 30.7 Å². The van der Waals surface area contributed by atoms with Crippen LogP contribution in [-0.2, 0) is 13.1 Å². The zero-order chi connectivity index (χ0) is 14.5. The van der Waals surface area contributed by atoms with E-state index in [0.29, 0.717) is 12.1 Å². The van der Waals surface area contributed by atoms with E-state index in [1.54, 1.807) is 12.5 Å². The Bertz CT molecular complexity index is 566. The zero-order valence-electron chi connectivity index (χ0n) is 11.7. The minimum atomic E-state index is -0.556. The van der Waals surface area contributed by atoms with E-state index >= 15 is 0 Å². The van der Waals surface area contributed by atoms with Gasteiger partial charge < -0.3 is 9.88 Å². The van der Waals surface area contributed by atoms with Crippen LogP contribution in [0.2, 0.25) is 0 Å². The van der Waals surface area contributed by atoms with Crippen molar-refractivity contribution in [1.82, 2.24) is 14.9 Å². The van der Waals surface area contributed by atoms with Crippen LogP contribution in [-0.4, -0.2) is 9.55 Å². The molecule has 0 radical (unpaired) electrons. The normalized spacial score (nSPS) is 12.6. The molecule has 0 bridgehead atoms. The molecule has 1 atom stereocenters. The van der Waals surface area contributed by atoms with Crippen molar-refractivity contribution in [3.05, 3.63) is 53.6 Å². The monoisotopic (exact) mass is 279 g/mol. The molecular weight excluding hydrogens is 260 g/mol. The Morgan fingerprint density at radius 2 is 2.15 bits per heavy atom. The number of nitrogens with zero attached hydrogens (tertiary/aromatic N) is 2. The molecule has 5 heteroatoms. The van der Waals surface area contributed by atoms with Crippen molar-refractivity contribution < 1.29 is 8.78 Å². The van der Waals surface area contributed by atoms with Crippen LogP contribution in [0.5, 0.6) is 0 Å². The molecule has 3 nitrogen and oxygen atoms in total. The van der Waals surface area contributed by atoms with Gasteiger partial charge in [-0.3, -0.25) is 0 Å². The van der Waals surface area contributed by atoms with E-state index in [4.69, 9.17) is 0 Å². The van der Waals surface area contributed by atoms with Gasteiger partial charge in [0.05, 0.1) is 12.0 Å². The summed E-state index contributed by atoms with van der Waals surface area (Å²) < 4.78 is 28.6. The van der Waals surface area contributed by atoms with Gasteiger partial charge in [0.15, 0.2) is 0 Å². The van der Waals surface area contributed by atoms with Gasteiger partial charge in [0.2, 0.25) is 0 Å². The maximum Gasteiger partial charge on any atom is 0.130 e. The number of hydrogen-bond acceptors (Lipinski definition) is 2. The van der Waals surface area contributed by atoms with Crippen LogP contribution in [0, 0.1) is 11.6 Å². The molecule has 1 aromatic carbocycles. The molecule has 2 aromatic rings. The van der Waals surface area contributed by atoms with Gasteiger partial charge in [0.1, 0.15) is 11.6 Å². The second-order valence-corrected chi connectivity index (χ2v) is 4.85. The number of halogens is 2. The van der Waals surface area contributed by atoms with Gasteiger partial charge in [-0.2, -0.15) is 0 Å². The highest BCUT2D eigenvalue weighted by molar-refractivity contribution is 5.21. The lowest BCUT2D eigenvalue weighted by Crippen LogP contribution is -2.21. The summed E-state index contributed by atoms with van der Waals surface area (Å²) in [5, 5.41) is 3.24. The highest BCUT2D eigenvalue weighted by Crippen LogP contribution is 2.18. The molecule has 1 aromatic heterocycles. The molecule has 0 amide bonds. The van der Waals surface area contributed by atoms with Gasteiger partial charge in [-0.15, -0.1) is 0 Å². The minimum Gasteiger partial charge on any atom is -0.333 e. The van der Waals surface area contributed by atoms with Gasteiger partial charge in [0, 0.05) is 37.0 Å². The first-order valence-electron chi connectivity index (χ1n) is 6.79. The number of aryl methyl sites for hydroxylation is 1. The number of imidazole rings is 1. The third-order valence-corrected chi connectivity index (χ3v) is 3.28. The summed E-state index contributed by atoms with van der Waals surface area (Å²) in [7, 11) is 0. The Morgan fingerprint density at radius 1 is 1.35 bits per heavy atom. The summed E-state index contributed by atoms with van der Waals surface area (Å²) in [4.78, 5) is 4.12. The van der Waals surface area contributed by atoms with Crippen LogP contribution in [0.25, 0.3) is 0 Å². The van der Waals surface area contributed by atoms with E-state index in [1.165, 1.54) is 12.1 Å². The van der Waals surface area contributed by atoms with Crippen LogP contribution in [0.3, 0.4) is 0 Å². The number of rotatable bonds is 6. The SMILES string of the molecule is CCCn1cncc1CNC(C)c1ccc(F)cc1F. The molecule has 0 spiro atoms. The van der Waals surface area contributed by atoms with E-state index in [1.807, 2.05) is 6.92 Å². The molecule has 2 rings (SSSR count). The lowest BCUT2D eigenvalue weighted by Gasteiger charge is -2.16. The summed E-state index contributed by atoms with van der Waals surface area (Å²) in [5.74, 6) is -1.08. The van der Waals surface area contributed by atoms with Crippen molar-refractivity contribution in [2.45, 2.75) is 39.4 Å². The van der Waals surface area contributed by atoms with Crippen molar-refractivity contribution >= 4 is 0 Å². The number of nitrogens with one attached hydrogen (secondary N) is 1. The Balaban J connectivity index is 2.01. The van der Waals surface area contributed by atoms with Gasteiger partial charge in [-0.25, -0.2) is 13.8 Å². The molecule has 1 N–H and O–H groups in total. The summed E-state index contributed by atoms with van der Waals surface area (Å²) in [5.41, 5.74) is 1.52. The lowest BCUT2D eigenvalue weighted by molar-refractivity contribution is 0.505. The summed E-state index contributed by atoms with van der Waals surface area (Å²) in [6, 6.07) is 3.47. The largest absolute Gasteiger partial charge is 0.333 e. The van der Waals surface area contributed by atoms with E-state index in [0.717, 1.165) is 24.7 Å². The Morgan fingerprint density at radius 3 is 2.85 bits per heavy atom. The highest BCUT2D eigenvalue weighted by Gasteiger charge is 2.12. The molecular formula is C15H19F2N3. The van der Waals surface area contributed by atoms with E-state index in [9.17, 15) is 8.78 Å². The Hall–Kier alpha value is -1.75. The maximum atomic E-state index is 13.7. The number of aromatic nitrogens is 2. The average Bonchev–Trinajstić information content (AvgIpc) is 2.84. The molecule has 1 unspecified atom stereocenters. The molecule has 0 saturated carbocycles. The molecule has 0 fully saturated rings. The molecule has 1 heterocycles. The van der Waals surface area contributed by atoms with Crippen LogP contribution < -0.4 is 5.32 Å². The van der Waals surface area contributed by atoms with Gasteiger partial charge in [-0.1, -0.05) is 13.0 Å². The first-order chi connectivity index (χ1) is 9.61. The average molecular weight is 279 g/mol. The summed E-state index contributed by atoms with van der Waals surface area (Å²) in [6.45, 7) is 5.47. The van der Waals surface area contributed by atoms with Gasteiger partial charge >= 0.3 is 0 Å². The molecule has 20 heavy (non-hydrogen) atoms. The third kappa shape index (κ3) is 3.42. The molecule has 0 aliphatic rings. The molecule has 0 saturated heterocycles. The minimum absolute atomic E-state index is 0.194. The van der Waals surface area contributed by atoms with Gasteiger partial charge in [0.25, 0.3) is 0 Å². The quantitative estimate of drug-likeness (QED) is 0.878. The topological polar surface area (TPSA) is 29.9 Å². The maximum absolute atomic E-state index is 13.7. The van der Waals surface area contributed by atoms with Crippen molar-refractivity contribution in [2.24, 2.45) is 0 Å². The van der Waals surface area contributed by atoms with Gasteiger partial charge in [-0.05, 0) is 19.4 Å². The number of hydrogen-bond donors (Lipinski definition) is 1. The fraction of sp³-hybridized carbons (Fsp3) is 0.400.